The van der Waals surface area contributed by atoms with E-state index in [0.717, 1.165) is 24.4 Å². The fourth-order valence-electron chi connectivity index (χ4n) is 2.87. The number of benzene rings is 1. The number of likely N-dealkylation sites (N-methyl/N-ethyl adjacent to an activating group) is 1. The van der Waals surface area contributed by atoms with E-state index in [9.17, 15) is 5.11 Å². The predicted molar refractivity (Wildman–Crippen MR) is 81.1 cm³/mol. The predicted octanol–water partition coefficient (Wildman–Crippen LogP) is 1.80. The van der Waals surface area contributed by atoms with Crippen LogP contribution in [-0.2, 0) is 0 Å². The molecule has 1 fully saturated rings. The van der Waals surface area contributed by atoms with Gasteiger partial charge in [0.25, 0.3) is 0 Å². The highest BCUT2D eigenvalue weighted by Crippen LogP contribution is 2.18. The second kappa shape index (κ2) is 7.62. The minimum absolute atomic E-state index is 0.461. The highest BCUT2D eigenvalue weighted by Gasteiger charge is 2.22. The maximum atomic E-state index is 10.2. The van der Waals surface area contributed by atoms with Crippen LogP contribution in [0.5, 0.6) is 5.75 Å². The molecule has 1 aromatic rings. The van der Waals surface area contributed by atoms with E-state index in [1.54, 1.807) is 7.11 Å². The van der Waals surface area contributed by atoms with Crippen LogP contribution in [0, 0.1) is 0 Å². The molecule has 1 aromatic carbocycles. The normalized spacial score (nSPS) is 21.1. The molecule has 0 aliphatic carbocycles. The van der Waals surface area contributed by atoms with Crippen molar-refractivity contribution < 1.29 is 9.84 Å². The van der Waals surface area contributed by atoms with Crippen molar-refractivity contribution in [1.82, 2.24) is 10.2 Å². The van der Waals surface area contributed by atoms with Crippen molar-refractivity contribution in [3.8, 4) is 5.75 Å². The van der Waals surface area contributed by atoms with Crippen LogP contribution < -0.4 is 10.1 Å². The Morgan fingerprint density at radius 3 is 2.80 bits per heavy atom. The Morgan fingerprint density at radius 2 is 2.15 bits per heavy atom. The van der Waals surface area contributed by atoms with Gasteiger partial charge in [0, 0.05) is 19.1 Å². The zero-order valence-corrected chi connectivity index (χ0v) is 12.5. The van der Waals surface area contributed by atoms with Crippen molar-refractivity contribution in [3.63, 3.8) is 0 Å². The van der Waals surface area contributed by atoms with Crippen molar-refractivity contribution in [3.05, 3.63) is 29.8 Å². The number of aliphatic hydroxyl groups excluding tert-OH is 1. The molecule has 4 heteroatoms. The second-order valence-electron chi connectivity index (χ2n) is 5.37. The molecular weight excluding hydrogens is 252 g/mol. The van der Waals surface area contributed by atoms with Crippen molar-refractivity contribution in [2.24, 2.45) is 0 Å². The van der Waals surface area contributed by atoms with Crippen LogP contribution in [0.3, 0.4) is 0 Å². The minimum atomic E-state index is -0.461. The molecule has 2 rings (SSSR count). The number of likely N-dealkylation sites (tertiary alicyclic amines) is 1. The Kier molecular flexibility index (Phi) is 5.83. The maximum Gasteiger partial charge on any atom is 0.118 e. The molecule has 1 aliphatic rings. The summed E-state index contributed by atoms with van der Waals surface area (Å²) < 4.78 is 5.12. The molecule has 0 saturated carbocycles. The first-order valence-electron chi connectivity index (χ1n) is 7.51. The van der Waals surface area contributed by atoms with E-state index in [4.69, 9.17) is 4.74 Å². The molecule has 20 heavy (non-hydrogen) atoms. The number of hydrogen-bond acceptors (Lipinski definition) is 4. The number of nitrogens with one attached hydrogen (secondary N) is 1. The van der Waals surface area contributed by atoms with E-state index in [1.165, 1.54) is 19.4 Å². The molecule has 2 unspecified atom stereocenters. The van der Waals surface area contributed by atoms with E-state index in [-0.39, 0.29) is 0 Å². The first-order valence-corrected chi connectivity index (χ1v) is 7.51. The van der Waals surface area contributed by atoms with Gasteiger partial charge in [-0.1, -0.05) is 19.1 Å². The lowest BCUT2D eigenvalue weighted by Crippen LogP contribution is -2.39. The highest BCUT2D eigenvalue weighted by molar-refractivity contribution is 5.28. The van der Waals surface area contributed by atoms with Gasteiger partial charge in [-0.05, 0) is 43.6 Å². The summed E-state index contributed by atoms with van der Waals surface area (Å²) in [6.45, 7) is 6.10. The van der Waals surface area contributed by atoms with Gasteiger partial charge < -0.3 is 15.2 Å². The van der Waals surface area contributed by atoms with Crippen molar-refractivity contribution in [2.45, 2.75) is 31.9 Å². The molecule has 0 bridgehead atoms. The van der Waals surface area contributed by atoms with Gasteiger partial charge in [-0.15, -0.1) is 0 Å². The van der Waals surface area contributed by atoms with Gasteiger partial charge in [-0.2, -0.15) is 0 Å². The Hall–Kier alpha value is -1.10. The molecular formula is C16H26N2O2. The molecule has 0 amide bonds. The highest BCUT2D eigenvalue weighted by atomic mass is 16.5. The molecule has 0 aromatic heterocycles. The number of aliphatic hydroxyl groups is 1. The average molecular weight is 278 g/mol. The minimum Gasteiger partial charge on any atom is -0.497 e. The topological polar surface area (TPSA) is 44.7 Å². The molecule has 0 radical (unpaired) electrons. The van der Waals surface area contributed by atoms with Crippen LogP contribution in [0.25, 0.3) is 0 Å². The molecule has 2 N–H and O–H groups in total. The summed E-state index contributed by atoms with van der Waals surface area (Å²) in [5.41, 5.74) is 0.928. The third-order valence-electron chi connectivity index (χ3n) is 4.12. The summed E-state index contributed by atoms with van der Waals surface area (Å²) in [6, 6.07) is 8.23. The van der Waals surface area contributed by atoms with E-state index >= 15 is 0 Å². The molecule has 4 nitrogen and oxygen atoms in total. The van der Waals surface area contributed by atoms with Gasteiger partial charge in [0.15, 0.2) is 0 Å². The van der Waals surface area contributed by atoms with E-state index in [2.05, 4.69) is 17.1 Å². The molecule has 1 heterocycles. The van der Waals surface area contributed by atoms with Crippen LogP contribution in [-0.4, -0.2) is 49.3 Å². The van der Waals surface area contributed by atoms with Gasteiger partial charge in [-0.25, -0.2) is 0 Å². The molecule has 1 aliphatic heterocycles. The first kappa shape index (κ1) is 15.3. The van der Waals surface area contributed by atoms with Gasteiger partial charge in [0.05, 0.1) is 13.2 Å². The number of methoxy groups -OCH3 is 1. The Morgan fingerprint density at radius 1 is 1.40 bits per heavy atom. The Labute approximate surface area is 121 Å². The van der Waals surface area contributed by atoms with Gasteiger partial charge in [0.2, 0.25) is 0 Å². The Balaban J connectivity index is 1.75. The summed E-state index contributed by atoms with van der Waals surface area (Å²) in [6.07, 6.45) is 2.10. The maximum absolute atomic E-state index is 10.2. The van der Waals surface area contributed by atoms with E-state index in [0.29, 0.717) is 12.6 Å². The molecule has 1 saturated heterocycles. The summed E-state index contributed by atoms with van der Waals surface area (Å²) >= 11 is 0. The number of hydrogen-bond donors (Lipinski definition) is 2. The van der Waals surface area contributed by atoms with Crippen LogP contribution >= 0.6 is 0 Å². The van der Waals surface area contributed by atoms with Crippen LogP contribution in [0.4, 0.5) is 0 Å². The van der Waals surface area contributed by atoms with Gasteiger partial charge >= 0.3 is 0 Å². The van der Waals surface area contributed by atoms with Gasteiger partial charge in [-0.3, -0.25) is 4.90 Å². The number of ether oxygens (including phenoxy) is 1. The van der Waals surface area contributed by atoms with Crippen LogP contribution in [0.15, 0.2) is 24.3 Å². The lowest BCUT2D eigenvalue weighted by molar-refractivity contribution is 0.168. The third kappa shape index (κ3) is 3.95. The molecule has 112 valence electrons. The average Bonchev–Trinajstić information content (AvgIpc) is 2.94. The van der Waals surface area contributed by atoms with Crippen LogP contribution in [0.1, 0.15) is 31.4 Å². The molecule has 2 atom stereocenters. The standard InChI is InChI=1S/C16H26N2O2/c1-3-18-10-4-5-14(18)11-17-12-16(19)13-6-8-15(20-2)9-7-13/h6-9,14,16-17,19H,3-5,10-12H2,1-2H3. The summed E-state index contributed by atoms with van der Waals surface area (Å²) in [5, 5.41) is 13.6. The lowest BCUT2D eigenvalue weighted by atomic mass is 10.1. The fraction of sp³-hybridized carbons (Fsp3) is 0.625. The van der Waals surface area contributed by atoms with Crippen LogP contribution in [0.2, 0.25) is 0 Å². The summed E-state index contributed by atoms with van der Waals surface area (Å²) in [4.78, 5) is 2.51. The summed E-state index contributed by atoms with van der Waals surface area (Å²) in [7, 11) is 1.65. The number of rotatable bonds is 7. The van der Waals surface area contributed by atoms with Crippen molar-refractivity contribution >= 4 is 0 Å². The molecule has 0 spiro atoms. The zero-order chi connectivity index (χ0) is 14.4. The second-order valence-corrected chi connectivity index (χ2v) is 5.37. The quantitative estimate of drug-likeness (QED) is 0.798. The third-order valence-corrected chi connectivity index (χ3v) is 4.12. The zero-order valence-electron chi connectivity index (χ0n) is 12.5. The lowest BCUT2D eigenvalue weighted by Gasteiger charge is -2.23. The first-order chi connectivity index (χ1) is 9.74. The van der Waals surface area contributed by atoms with Gasteiger partial charge in [0.1, 0.15) is 5.75 Å². The number of nitrogens with zero attached hydrogens (tertiary/aromatic N) is 1. The Bertz CT molecular complexity index is 394. The fourth-order valence-corrected chi connectivity index (χ4v) is 2.87. The SMILES string of the molecule is CCN1CCCC1CNCC(O)c1ccc(OC)cc1. The van der Waals surface area contributed by atoms with Crippen molar-refractivity contribution in [1.29, 1.82) is 0 Å². The smallest absolute Gasteiger partial charge is 0.118 e. The monoisotopic (exact) mass is 278 g/mol. The summed E-state index contributed by atoms with van der Waals surface area (Å²) in [5.74, 6) is 0.818. The largest absolute Gasteiger partial charge is 0.497 e. The van der Waals surface area contributed by atoms with E-state index in [1.807, 2.05) is 24.3 Å². The van der Waals surface area contributed by atoms with E-state index < -0.39 is 6.10 Å². The van der Waals surface area contributed by atoms with Crippen molar-refractivity contribution in [2.75, 3.05) is 33.3 Å².